The van der Waals surface area contributed by atoms with Crippen LogP contribution in [0.3, 0.4) is 0 Å². The first-order valence-electron chi connectivity index (χ1n) is 6.30. The topological polar surface area (TPSA) is 69.6 Å². The second kappa shape index (κ2) is 7.21. The summed E-state index contributed by atoms with van der Waals surface area (Å²) in [6.45, 7) is 4.89. The number of hydrogen-bond donors (Lipinski definition) is 3. The van der Waals surface area contributed by atoms with Crippen LogP contribution < -0.4 is 5.32 Å². The highest BCUT2D eigenvalue weighted by atomic mass is 19.1. The average molecular weight is 269 g/mol. The Hall–Kier alpha value is -1.46. The van der Waals surface area contributed by atoms with Gasteiger partial charge in [0.1, 0.15) is 5.82 Å². The zero-order chi connectivity index (χ0) is 14.4. The third kappa shape index (κ3) is 5.36. The Balaban J connectivity index is 2.46. The molecule has 0 fully saturated rings. The van der Waals surface area contributed by atoms with Gasteiger partial charge in [-0.2, -0.15) is 0 Å². The molecule has 3 N–H and O–H groups in total. The van der Waals surface area contributed by atoms with Crippen LogP contribution in [0.4, 0.5) is 4.39 Å². The van der Waals surface area contributed by atoms with E-state index in [0.717, 1.165) is 0 Å². The summed E-state index contributed by atoms with van der Waals surface area (Å²) < 4.78 is 13.4. The van der Waals surface area contributed by atoms with Crippen molar-refractivity contribution in [1.29, 1.82) is 0 Å². The summed E-state index contributed by atoms with van der Waals surface area (Å²) in [4.78, 5) is 10.7. The molecule has 0 saturated carbocycles. The monoisotopic (exact) mass is 269 g/mol. The number of nitrogens with one attached hydrogen (secondary N) is 1. The highest BCUT2D eigenvalue weighted by Gasteiger charge is 2.10. The molecule has 1 unspecified atom stereocenters. The Bertz CT molecular complexity index is 435. The molecular weight excluding hydrogens is 249 g/mol. The maximum absolute atomic E-state index is 13.4. The average Bonchev–Trinajstić information content (AvgIpc) is 2.27. The van der Waals surface area contributed by atoms with Gasteiger partial charge < -0.3 is 15.5 Å². The lowest BCUT2D eigenvalue weighted by molar-refractivity contribution is 0.0692. The molecule has 0 aliphatic rings. The number of carboxylic acids is 1. The molecule has 4 nitrogen and oxygen atoms in total. The second-order valence-electron chi connectivity index (χ2n) is 5.03. The van der Waals surface area contributed by atoms with Crippen molar-refractivity contribution in [3.8, 4) is 0 Å². The molecule has 0 aliphatic heterocycles. The lowest BCUT2D eigenvalue weighted by Crippen LogP contribution is -2.27. The maximum Gasteiger partial charge on any atom is 0.338 e. The minimum atomic E-state index is -1.27. The van der Waals surface area contributed by atoms with Crippen molar-refractivity contribution in [2.24, 2.45) is 5.92 Å². The van der Waals surface area contributed by atoms with Gasteiger partial charge in [-0.1, -0.05) is 19.9 Å². The summed E-state index contributed by atoms with van der Waals surface area (Å²) in [6.07, 6.45) is 0.280. The van der Waals surface area contributed by atoms with Crippen LogP contribution in [0.15, 0.2) is 18.2 Å². The fourth-order valence-corrected chi connectivity index (χ4v) is 1.85. The number of benzene rings is 1. The Morgan fingerprint density at radius 3 is 2.63 bits per heavy atom. The van der Waals surface area contributed by atoms with Crippen molar-refractivity contribution in [3.63, 3.8) is 0 Å². The van der Waals surface area contributed by atoms with Crippen molar-refractivity contribution in [2.45, 2.75) is 32.9 Å². The zero-order valence-corrected chi connectivity index (χ0v) is 11.2. The summed E-state index contributed by atoms with van der Waals surface area (Å²) in [5.41, 5.74) is 0.322. The van der Waals surface area contributed by atoms with Crippen molar-refractivity contribution in [2.75, 3.05) is 6.54 Å². The number of aliphatic hydroxyl groups excluding tert-OH is 1. The van der Waals surface area contributed by atoms with Crippen molar-refractivity contribution in [3.05, 3.63) is 35.1 Å². The summed E-state index contributed by atoms with van der Waals surface area (Å²) in [5, 5.41) is 21.4. The molecule has 1 aromatic rings. The van der Waals surface area contributed by atoms with Crippen LogP contribution in [0.25, 0.3) is 0 Å². The molecule has 0 amide bonds. The van der Waals surface area contributed by atoms with Crippen LogP contribution in [-0.2, 0) is 6.54 Å². The van der Waals surface area contributed by atoms with Crippen molar-refractivity contribution < 1.29 is 19.4 Å². The Morgan fingerprint density at radius 1 is 1.42 bits per heavy atom. The Labute approximate surface area is 112 Å². The maximum atomic E-state index is 13.4. The molecule has 0 aliphatic carbocycles. The van der Waals surface area contributed by atoms with Crippen molar-refractivity contribution >= 4 is 5.97 Å². The number of hydrogen-bond acceptors (Lipinski definition) is 3. The highest BCUT2D eigenvalue weighted by molar-refractivity contribution is 5.87. The second-order valence-corrected chi connectivity index (χ2v) is 5.03. The standard InChI is InChI=1S/C14H20FNO3/c1-9(2)5-11(17)8-16-7-10-3-4-12(14(18)19)13(15)6-10/h3-4,6,9,11,16-17H,5,7-8H2,1-2H3,(H,18,19). The van der Waals surface area contributed by atoms with Crippen LogP contribution in [0.5, 0.6) is 0 Å². The smallest absolute Gasteiger partial charge is 0.338 e. The minimum absolute atomic E-state index is 0.330. The summed E-state index contributed by atoms with van der Waals surface area (Å²) >= 11 is 0. The number of carboxylic acid groups (broad SMARTS) is 1. The molecule has 0 radical (unpaired) electrons. The molecule has 19 heavy (non-hydrogen) atoms. The van der Waals surface area contributed by atoms with Gasteiger partial charge in [0.2, 0.25) is 0 Å². The third-order valence-electron chi connectivity index (χ3n) is 2.72. The van der Waals surface area contributed by atoms with Gasteiger partial charge in [0.05, 0.1) is 11.7 Å². The Kier molecular flexibility index (Phi) is 5.92. The number of halogens is 1. The van der Waals surface area contributed by atoms with Gasteiger partial charge in [-0.3, -0.25) is 0 Å². The Morgan fingerprint density at radius 2 is 2.11 bits per heavy atom. The molecular formula is C14H20FNO3. The first-order chi connectivity index (χ1) is 8.90. The molecule has 0 aromatic heterocycles. The van der Waals surface area contributed by atoms with E-state index in [4.69, 9.17) is 5.11 Å². The molecule has 0 spiro atoms. The molecule has 106 valence electrons. The van der Waals surface area contributed by atoms with Crippen molar-refractivity contribution in [1.82, 2.24) is 5.32 Å². The van der Waals surface area contributed by atoms with E-state index in [1.165, 1.54) is 12.1 Å². The van der Waals surface area contributed by atoms with Crippen LogP contribution in [-0.4, -0.2) is 28.8 Å². The SMILES string of the molecule is CC(C)CC(O)CNCc1ccc(C(=O)O)c(F)c1. The molecule has 0 bridgehead atoms. The minimum Gasteiger partial charge on any atom is -0.478 e. The first-order valence-corrected chi connectivity index (χ1v) is 6.30. The lowest BCUT2D eigenvalue weighted by Gasteiger charge is -2.14. The number of aliphatic hydroxyl groups is 1. The predicted octanol–water partition coefficient (Wildman–Crippen LogP) is 2.02. The van der Waals surface area contributed by atoms with Crippen LogP contribution in [0, 0.1) is 11.7 Å². The van der Waals surface area contributed by atoms with Gasteiger partial charge in [-0.25, -0.2) is 9.18 Å². The van der Waals surface area contributed by atoms with Gasteiger partial charge in [0, 0.05) is 13.1 Å². The van der Waals surface area contributed by atoms with E-state index in [1.54, 1.807) is 6.07 Å². The predicted molar refractivity (Wildman–Crippen MR) is 70.5 cm³/mol. The molecule has 1 atom stereocenters. The van der Waals surface area contributed by atoms with E-state index >= 15 is 0 Å². The number of aromatic carboxylic acids is 1. The van der Waals surface area contributed by atoms with Gasteiger partial charge in [-0.05, 0) is 30.0 Å². The summed E-state index contributed by atoms with van der Waals surface area (Å²) in [5.74, 6) is -1.59. The van der Waals surface area contributed by atoms with Gasteiger partial charge in [-0.15, -0.1) is 0 Å². The van der Waals surface area contributed by atoms with E-state index in [9.17, 15) is 14.3 Å². The van der Waals surface area contributed by atoms with E-state index in [-0.39, 0.29) is 5.56 Å². The van der Waals surface area contributed by atoms with Crippen LogP contribution in [0.2, 0.25) is 0 Å². The molecule has 5 heteroatoms. The van der Waals surface area contributed by atoms with E-state index < -0.39 is 17.9 Å². The first kappa shape index (κ1) is 15.6. The van der Waals surface area contributed by atoms with Crippen LogP contribution >= 0.6 is 0 Å². The fourth-order valence-electron chi connectivity index (χ4n) is 1.85. The fraction of sp³-hybridized carbons (Fsp3) is 0.500. The van der Waals surface area contributed by atoms with Gasteiger partial charge in [0.15, 0.2) is 0 Å². The normalized spacial score (nSPS) is 12.7. The highest BCUT2D eigenvalue weighted by Crippen LogP contribution is 2.10. The third-order valence-corrected chi connectivity index (χ3v) is 2.72. The van der Waals surface area contributed by atoms with Crippen LogP contribution in [0.1, 0.15) is 36.2 Å². The summed E-state index contributed by atoms with van der Waals surface area (Å²) in [7, 11) is 0. The molecule has 0 saturated heterocycles. The number of rotatable bonds is 7. The number of carbonyl (C=O) groups is 1. The van der Waals surface area contributed by atoms with E-state index in [2.05, 4.69) is 5.32 Å². The summed E-state index contributed by atoms with van der Waals surface area (Å²) in [6, 6.07) is 4.01. The lowest BCUT2D eigenvalue weighted by atomic mass is 10.1. The molecule has 1 aromatic carbocycles. The van der Waals surface area contributed by atoms with E-state index in [1.807, 2.05) is 13.8 Å². The largest absolute Gasteiger partial charge is 0.478 e. The van der Waals surface area contributed by atoms with E-state index in [0.29, 0.717) is 31.0 Å². The zero-order valence-electron chi connectivity index (χ0n) is 11.2. The molecule has 0 heterocycles. The quantitative estimate of drug-likeness (QED) is 0.708. The molecule has 1 rings (SSSR count). The van der Waals surface area contributed by atoms with Gasteiger partial charge in [0.25, 0.3) is 0 Å². The van der Waals surface area contributed by atoms with Gasteiger partial charge >= 0.3 is 5.97 Å².